The van der Waals surface area contributed by atoms with Gasteiger partial charge in [-0.15, -0.1) is 0 Å². The molecule has 2 N–H and O–H groups in total. The maximum Gasteiger partial charge on any atom is 0.435 e. The Kier molecular flexibility index (Phi) is 6.13. The van der Waals surface area contributed by atoms with Gasteiger partial charge in [0.2, 0.25) is 5.95 Å². The minimum Gasteiger partial charge on any atom is -0.389 e. The lowest BCUT2D eigenvalue weighted by Gasteiger charge is -2.36. The van der Waals surface area contributed by atoms with Crippen molar-refractivity contribution < 1.29 is 23.0 Å². The van der Waals surface area contributed by atoms with E-state index in [9.17, 15) is 18.3 Å². The lowest BCUT2D eigenvalue weighted by molar-refractivity contribution is -0.141. The molecule has 3 aromatic rings. The first-order valence-electron chi connectivity index (χ1n) is 11.0. The minimum atomic E-state index is -4.54. The summed E-state index contributed by atoms with van der Waals surface area (Å²) < 4.78 is 45.3. The summed E-state index contributed by atoms with van der Waals surface area (Å²) in [6.45, 7) is 2.61. The van der Waals surface area contributed by atoms with E-state index in [0.29, 0.717) is 23.8 Å². The first kappa shape index (κ1) is 23.3. The molecule has 8 nitrogen and oxygen atoms in total. The number of hydrogen-bond acceptors (Lipinski definition) is 7. The van der Waals surface area contributed by atoms with Gasteiger partial charge < -0.3 is 15.2 Å². The van der Waals surface area contributed by atoms with E-state index < -0.39 is 18.0 Å². The van der Waals surface area contributed by atoms with Crippen LogP contribution in [0, 0.1) is 0 Å². The molecule has 0 amide bonds. The molecule has 0 bridgehead atoms. The second-order valence-corrected chi connectivity index (χ2v) is 9.18. The maximum atomic E-state index is 12.9. The van der Waals surface area contributed by atoms with Gasteiger partial charge in [0.15, 0.2) is 5.69 Å². The third-order valence-corrected chi connectivity index (χ3v) is 6.90. The predicted octanol–water partition coefficient (Wildman–Crippen LogP) is 3.72. The molecule has 34 heavy (non-hydrogen) atoms. The number of ether oxygens (including phenoxy) is 1. The number of anilines is 2. The first-order valence-corrected chi connectivity index (χ1v) is 11.4. The number of fused-ring (bicyclic) bond motifs is 1. The van der Waals surface area contributed by atoms with E-state index in [1.54, 1.807) is 6.20 Å². The Hall–Kier alpha value is -2.47. The summed E-state index contributed by atoms with van der Waals surface area (Å²) in [4.78, 5) is 11.0. The number of aromatic nitrogens is 4. The fourth-order valence-electron chi connectivity index (χ4n) is 4.70. The monoisotopic (exact) mass is 496 g/mol. The van der Waals surface area contributed by atoms with Crippen molar-refractivity contribution in [3.63, 3.8) is 0 Å². The van der Waals surface area contributed by atoms with Gasteiger partial charge in [-0.25, -0.2) is 9.97 Å². The molecule has 1 unspecified atom stereocenters. The highest BCUT2D eigenvalue weighted by Gasteiger charge is 2.35. The van der Waals surface area contributed by atoms with Gasteiger partial charge >= 0.3 is 6.18 Å². The average Bonchev–Trinajstić information content (AvgIpc) is 3.39. The fraction of sp³-hybridized carbons (Fsp3) is 0.500. The number of nitrogens with zero attached hydrogens (tertiary/aromatic N) is 5. The zero-order chi connectivity index (χ0) is 24.0. The van der Waals surface area contributed by atoms with Gasteiger partial charge in [-0.05, 0) is 49.5 Å². The van der Waals surface area contributed by atoms with Gasteiger partial charge in [0.25, 0.3) is 0 Å². The van der Waals surface area contributed by atoms with E-state index in [-0.39, 0.29) is 23.7 Å². The minimum absolute atomic E-state index is 0.0410. The number of benzene rings is 1. The largest absolute Gasteiger partial charge is 0.435 e. The second-order valence-electron chi connectivity index (χ2n) is 8.77. The van der Waals surface area contributed by atoms with Crippen molar-refractivity contribution in [2.24, 2.45) is 7.05 Å². The summed E-state index contributed by atoms with van der Waals surface area (Å²) in [6, 6.07) is 4.71. The van der Waals surface area contributed by atoms with Crippen LogP contribution in [0.2, 0.25) is 5.02 Å². The molecule has 1 aromatic carbocycles. The third-order valence-electron chi connectivity index (χ3n) is 6.57. The Morgan fingerprint density at radius 2 is 1.94 bits per heavy atom. The highest BCUT2D eigenvalue weighted by atomic mass is 35.5. The van der Waals surface area contributed by atoms with Crippen LogP contribution in [0.15, 0.2) is 24.4 Å². The molecule has 2 aliphatic rings. The molecule has 5 rings (SSSR count). The van der Waals surface area contributed by atoms with E-state index in [1.165, 1.54) is 7.05 Å². The number of rotatable bonds is 4. The van der Waals surface area contributed by atoms with Crippen molar-refractivity contribution in [3.8, 4) is 0 Å². The predicted molar refractivity (Wildman–Crippen MR) is 120 cm³/mol. The van der Waals surface area contributed by atoms with Gasteiger partial charge in [-0.1, -0.05) is 11.6 Å². The van der Waals surface area contributed by atoms with E-state index in [1.807, 2.05) is 12.1 Å². The number of aliphatic hydroxyl groups is 1. The van der Waals surface area contributed by atoms with Gasteiger partial charge in [-0.3, -0.25) is 9.58 Å². The van der Waals surface area contributed by atoms with Crippen LogP contribution < -0.4 is 5.32 Å². The highest BCUT2D eigenvalue weighted by molar-refractivity contribution is 6.32. The van der Waals surface area contributed by atoms with Crippen molar-refractivity contribution in [2.45, 2.75) is 37.1 Å². The number of piperidine rings is 1. The number of hydrogen-bond donors (Lipinski definition) is 2. The Bertz CT molecular complexity index is 1200. The van der Waals surface area contributed by atoms with Crippen molar-refractivity contribution in [2.75, 3.05) is 31.6 Å². The van der Waals surface area contributed by atoms with E-state index in [2.05, 4.69) is 25.3 Å². The zero-order valence-electron chi connectivity index (χ0n) is 18.4. The van der Waals surface area contributed by atoms with Gasteiger partial charge in [0.1, 0.15) is 5.82 Å². The van der Waals surface area contributed by atoms with E-state index >= 15 is 0 Å². The van der Waals surface area contributed by atoms with Crippen LogP contribution in [0.25, 0.3) is 10.9 Å². The summed E-state index contributed by atoms with van der Waals surface area (Å²) in [5.74, 6) is 0.541. The fourth-order valence-corrected chi connectivity index (χ4v) is 5.03. The number of aliphatic hydroxyl groups excluding tert-OH is 1. The molecule has 2 atom stereocenters. The van der Waals surface area contributed by atoms with Crippen LogP contribution in [0.5, 0.6) is 0 Å². The smallest absolute Gasteiger partial charge is 0.389 e. The number of likely N-dealkylation sites (tertiary alicyclic amines) is 1. The van der Waals surface area contributed by atoms with Gasteiger partial charge in [0, 0.05) is 29.7 Å². The van der Waals surface area contributed by atoms with Crippen molar-refractivity contribution in [1.82, 2.24) is 24.6 Å². The molecule has 12 heteroatoms. The van der Waals surface area contributed by atoms with Crippen molar-refractivity contribution in [1.29, 1.82) is 0 Å². The van der Waals surface area contributed by atoms with Gasteiger partial charge in [-0.2, -0.15) is 18.3 Å². The summed E-state index contributed by atoms with van der Waals surface area (Å²) in [5, 5.41) is 17.8. The number of nitrogens with one attached hydrogen (secondary N) is 1. The van der Waals surface area contributed by atoms with Crippen molar-refractivity contribution >= 4 is 34.3 Å². The molecule has 0 aliphatic carbocycles. The summed E-state index contributed by atoms with van der Waals surface area (Å²) in [7, 11) is 1.42. The molecule has 4 heterocycles. The zero-order valence-corrected chi connectivity index (χ0v) is 19.1. The van der Waals surface area contributed by atoms with Crippen LogP contribution in [0.3, 0.4) is 0 Å². The SMILES string of the molecule is Cn1nc(C(F)(F)F)cc1Nc1ncc2cc(Cl)c(C3CCN([C@@H]4COCC4O)CC3)cc2n1. The van der Waals surface area contributed by atoms with Crippen LogP contribution in [-0.2, 0) is 18.0 Å². The molecule has 2 aliphatic heterocycles. The lowest BCUT2D eigenvalue weighted by Crippen LogP contribution is -2.46. The molecule has 2 aromatic heterocycles. The summed E-state index contributed by atoms with van der Waals surface area (Å²) in [5.41, 5.74) is 0.647. The Morgan fingerprint density at radius 1 is 1.18 bits per heavy atom. The third kappa shape index (κ3) is 4.57. The Balaban J connectivity index is 1.35. The Morgan fingerprint density at radius 3 is 2.59 bits per heavy atom. The number of aryl methyl sites for hydroxylation is 1. The standard InChI is InChI=1S/C22H24ClF3N6O2/c1-31-20(8-19(30-31)22(24,25)26)29-21-27-9-13-6-15(23)14(7-16(13)28-21)12-2-4-32(5-3-12)17-10-34-11-18(17)33/h6-9,12,17-18,33H,2-5,10-11H2,1H3,(H,27,28,29)/t17-,18?/m1/s1. The molecule has 0 radical (unpaired) electrons. The normalized spacial score (nSPS) is 22.5. The van der Waals surface area contributed by atoms with Crippen LogP contribution in [-0.4, -0.2) is 68.2 Å². The lowest BCUT2D eigenvalue weighted by atomic mass is 9.88. The quantitative estimate of drug-likeness (QED) is 0.569. The highest BCUT2D eigenvalue weighted by Crippen LogP contribution is 2.36. The maximum absolute atomic E-state index is 12.9. The molecule has 182 valence electrons. The molecular formula is C22H24ClF3N6O2. The van der Waals surface area contributed by atoms with Crippen LogP contribution in [0.1, 0.15) is 30.0 Å². The molecule has 2 saturated heterocycles. The van der Waals surface area contributed by atoms with Crippen molar-refractivity contribution in [3.05, 3.63) is 40.7 Å². The number of alkyl halides is 3. The molecule has 2 fully saturated rings. The average molecular weight is 497 g/mol. The first-order chi connectivity index (χ1) is 16.2. The molecular weight excluding hydrogens is 473 g/mol. The second kappa shape index (κ2) is 8.95. The number of halogens is 4. The topological polar surface area (TPSA) is 88.3 Å². The molecule has 0 spiro atoms. The summed E-state index contributed by atoms with van der Waals surface area (Å²) >= 11 is 6.60. The van der Waals surface area contributed by atoms with Gasteiger partial charge in [0.05, 0.1) is 30.9 Å². The van der Waals surface area contributed by atoms with Crippen LogP contribution in [0.4, 0.5) is 24.9 Å². The van der Waals surface area contributed by atoms with Crippen LogP contribution >= 0.6 is 11.6 Å². The Labute approximate surface area is 198 Å². The van der Waals surface area contributed by atoms with E-state index in [0.717, 1.165) is 47.6 Å². The van der Waals surface area contributed by atoms with E-state index in [4.69, 9.17) is 16.3 Å². The summed E-state index contributed by atoms with van der Waals surface area (Å²) in [6.07, 6.45) is -1.62. The molecule has 0 saturated carbocycles.